The number of anilines is 1. The minimum Gasteiger partial charge on any atom is -0.378 e. The van der Waals surface area contributed by atoms with Gasteiger partial charge in [-0.3, -0.25) is 9.58 Å². The molecule has 2 aliphatic heterocycles. The van der Waals surface area contributed by atoms with Gasteiger partial charge in [0, 0.05) is 69.1 Å². The van der Waals surface area contributed by atoms with Crippen LogP contribution in [-0.2, 0) is 31.3 Å². The first-order chi connectivity index (χ1) is 14.7. The Bertz CT molecular complexity index is 1030. The van der Waals surface area contributed by atoms with Crippen LogP contribution in [0.25, 0.3) is 11.4 Å². The van der Waals surface area contributed by atoms with Crippen molar-refractivity contribution in [2.45, 2.75) is 26.4 Å². The standard InChI is InChI=1S/C23H28N6O/c1-17-20(23(27(2)26-17)29-10-12-30-13-11-29)16-28-9-8-21-19(15-28)14-24-22(25-21)18-6-4-3-5-7-18/h3-7,14H,8-13,15-16H2,1-2H3. The van der Waals surface area contributed by atoms with Crippen molar-refractivity contribution < 1.29 is 4.74 Å². The summed E-state index contributed by atoms with van der Waals surface area (Å²) < 4.78 is 7.57. The van der Waals surface area contributed by atoms with Gasteiger partial charge in [0.15, 0.2) is 5.82 Å². The van der Waals surface area contributed by atoms with Crippen molar-refractivity contribution in [3.05, 3.63) is 59.0 Å². The van der Waals surface area contributed by atoms with Gasteiger partial charge in [-0.25, -0.2) is 9.97 Å². The molecular formula is C23H28N6O. The summed E-state index contributed by atoms with van der Waals surface area (Å²) in [5.41, 5.74) is 5.92. The van der Waals surface area contributed by atoms with Crippen molar-refractivity contribution in [3.8, 4) is 11.4 Å². The predicted molar refractivity (Wildman–Crippen MR) is 116 cm³/mol. The Balaban J connectivity index is 1.35. The number of morpholine rings is 1. The number of ether oxygens (including phenoxy) is 1. The second-order valence-corrected chi connectivity index (χ2v) is 8.10. The van der Waals surface area contributed by atoms with Crippen molar-refractivity contribution in [1.82, 2.24) is 24.6 Å². The third-order valence-corrected chi connectivity index (χ3v) is 6.05. The van der Waals surface area contributed by atoms with Crippen molar-refractivity contribution in [2.75, 3.05) is 37.7 Å². The van der Waals surface area contributed by atoms with Crippen LogP contribution in [0, 0.1) is 6.92 Å². The lowest BCUT2D eigenvalue weighted by atomic mass is 10.1. The summed E-state index contributed by atoms with van der Waals surface area (Å²) in [5.74, 6) is 2.05. The van der Waals surface area contributed by atoms with Gasteiger partial charge in [0.25, 0.3) is 0 Å². The Morgan fingerprint density at radius 1 is 1.07 bits per heavy atom. The molecule has 4 heterocycles. The van der Waals surface area contributed by atoms with Gasteiger partial charge >= 0.3 is 0 Å². The molecule has 0 aliphatic carbocycles. The molecule has 0 bridgehead atoms. The molecule has 1 fully saturated rings. The van der Waals surface area contributed by atoms with E-state index in [1.54, 1.807) is 0 Å². The molecule has 1 saturated heterocycles. The fourth-order valence-corrected chi connectivity index (χ4v) is 4.51. The molecule has 0 amide bonds. The lowest BCUT2D eigenvalue weighted by Crippen LogP contribution is -2.38. The number of nitrogens with zero attached hydrogens (tertiary/aromatic N) is 6. The van der Waals surface area contributed by atoms with E-state index >= 15 is 0 Å². The highest BCUT2D eigenvalue weighted by atomic mass is 16.5. The monoisotopic (exact) mass is 404 g/mol. The summed E-state index contributed by atoms with van der Waals surface area (Å²) in [6, 6.07) is 10.2. The maximum absolute atomic E-state index is 5.54. The summed E-state index contributed by atoms with van der Waals surface area (Å²) >= 11 is 0. The number of aromatic nitrogens is 4. The SMILES string of the molecule is Cc1nn(C)c(N2CCOCC2)c1CN1CCc2nc(-c3ccccc3)ncc2C1. The maximum atomic E-state index is 5.54. The molecule has 2 aliphatic rings. The Morgan fingerprint density at radius 3 is 2.67 bits per heavy atom. The van der Waals surface area contributed by atoms with Crippen molar-refractivity contribution in [3.63, 3.8) is 0 Å². The van der Waals surface area contributed by atoms with Gasteiger partial charge in [0.05, 0.1) is 24.6 Å². The van der Waals surface area contributed by atoms with Crippen LogP contribution in [0.15, 0.2) is 36.5 Å². The summed E-state index contributed by atoms with van der Waals surface area (Å²) in [6.45, 7) is 8.29. The molecule has 5 rings (SSSR count). The molecule has 2 aromatic heterocycles. The quantitative estimate of drug-likeness (QED) is 0.666. The topological polar surface area (TPSA) is 59.3 Å². The number of fused-ring (bicyclic) bond motifs is 1. The minimum atomic E-state index is 0.780. The first-order valence-corrected chi connectivity index (χ1v) is 10.7. The van der Waals surface area contributed by atoms with Gasteiger partial charge in [-0.15, -0.1) is 0 Å². The van der Waals surface area contributed by atoms with Crippen molar-refractivity contribution in [2.24, 2.45) is 7.05 Å². The van der Waals surface area contributed by atoms with E-state index in [9.17, 15) is 0 Å². The Morgan fingerprint density at radius 2 is 1.87 bits per heavy atom. The molecule has 0 N–H and O–H groups in total. The Kier molecular flexibility index (Phi) is 5.23. The minimum absolute atomic E-state index is 0.780. The summed E-state index contributed by atoms with van der Waals surface area (Å²) in [6.07, 6.45) is 2.96. The highest BCUT2D eigenvalue weighted by Crippen LogP contribution is 2.28. The van der Waals surface area contributed by atoms with Crippen LogP contribution < -0.4 is 4.90 Å². The third kappa shape index (κ3) is 3.70. The zero-order valence-corrected chi connectivity index (χ0v) is 17.7. The molecule has 30 heavy (non-hydrogen) atoms. The number of hydrogen-bond acceptors (Lipinski definition) is 6. The Hall–Kier alpha value is -2.77. The van der Waals surface area contributed by atoms with Crippen LogP contribution in [0.4, 0.5) is 5.82 Å². The van der Waals surface area contributed by atoms with Crippen molar-refractivity contribution in [1.29, 1.82) is 0 Å². The molecule has 0 unspecified atom stereocenters. The average Bonchev–Trinajstić information content (AvgIpc) is 3.07. The van der Waals surface area contributed by atoms with E-state index in [1.807, 2.05) is 36.1 Å². The number of aryl methyl sites for hydroxylation is 2. The lowest BCUT2D eigenvalue weighted by molar-refractivity contribution is 0.122. The maximum Gasteiger partial charge on any atom is 0.159 e. The highest BCUT2D eigenvalue weighted by molar-refractivity contribution is 5.55. The zero-order valence-electron chi connectivity index (χ0n) is 17.7. The predicted octanol–water partition coefficient (Wildman–Crippen LogP) is 2.58. The molecule has 1 aromatic carbocycles. The molecule has 0 radical (unpaired) electrons. The first kappa shape index (κ1) is 19.2. The van der Waals surface area contributed by atoms with Crippen LogP contribution in [-0.4, -0.2) is 57.5 Å². The molecule has 7 heteroatoms. The van der Waals surface area contributed by atoms with E-state index < -0.39 is 0 Å². The van der Waals surface area contributed by atoms with Crippen LogP contribution in [0.1, 0.15) is 22.5 Å². The van der Waals surface area contributed by atoms with Gasteiger partial charge in [0.1, 0.15) is 5.82 Å². The average molecular weight is 405 g/mol. The van der Waals surface area contributed by atoms with E-state index in [4.69, 9.17) is 14.8 Å². The fraction of sp³-hybridized carbons (Fsp3) is 0.435. The number of benzene rings is 1. The number of hydrogen-bond donors (Lipinski definition) is 0. The van der Waals surface area contributed by atoms with E-state index in [2.05, 4.69) is 33.8 Å². The molecular weight excluding hydrogens is 376 g/mol. The number of rotatable bonds is 4. The fourth-order valence-electron chi connectivity index (χ4n) is 4.51. The largest absolute Gasteiger partial charge is 0.378 e. The molecule has 156 valence electrons. The van der Waals surface area contributed by atoms with Crippen LogP contribution in [0.2, 0.25) is 0 Å². The normalized spacial score (nSPS) is 17.2. The van der Waals surface area contributed by atoms with E-state index in [0.29, 0.717) is 0 Å². The summed E-state index contributed by atoms with van der Waals surface area (Å²) in [4.78, 5) is 14.4. The van der Waals surface area contributed by atoms with Gasteiger partial charge in [-0.05, 0) is 6.92 Å². The highest BCUT2D eigenvalue weighted by Gasteiger charge is 2.25. The van der Waals surface area contributed by atoms with Gasteiger partial charge in [-0.2, -0.15) is 5.10 Å². The van der Waals surface area contributed by atoms with Crippen molar-refractivity contribution >= 4 is 5.82 Å². The smallest absolute Gasteiger partial charge is 0.159 e. The van der Waals surface area contributed by atoms with Gasteiger partial charge < -0.3 is 9.64 Å². The van der Waals surface area contributed by atoms with Crippen LogP contribution in [0.3, 0.4) is 0 Å². The first-order valence-electron chi connectivity index (χ1n) is 10.7. The molecule has 7 nitrogen and oxygen atoms in total. The summed E-state index contributed by atoms with van der Waals surface area (Å²) in [7, 11) is 2.05. The van der Waals surface area contributed by atoms with E-state index in [1.165, 1.54) is 22.6 Å². The molecule has 0 atom stereocenters. The van der Waals surface area contributed by atoms with E-state index in [-0.39, 0.29) is 0 Å². The van der Waals surface area contributed by atoms with Gasteiger partial charge in [0.2, 0.25) is 0 Å². The third-order valence-electron chi connectivity index (χ3n) is 6.05. The molecule has 0 spiro atoms. The van der Waals surface area contributed by atoms with Gasteiger partial charge in [-0.1, -0.05) is 30.3 Å². The zero-order chi connectivity index (χ0) is 20.5. The van der Waals surface area contributed by atoms with Crippen LogP contribution in [0.5, 0.6) is 0 Å². The molecule has 0 saturated carbocycles. The Labute approximate surface area is 177 Å². The second-order valence-electron chi connectivity index (χ2n) is 8.10. The van der Waals surface area contributed by atoms with Crippen LogP contribution >= 0.6 is 0 Å². The van der Waals surface area contributed by atoms with E-state index in [0.717, 1.165) is 69.4 Å². The lowest BCUT2D eigenvalue weighted by Gasteiger charge is -2.32. The molecule has 3 aromatic rings. The summed E-state index contributed by atoms with van der Waals surface area (Å²) in [5, 5.41) is 4.72. The second kappa shape index (κ2) is 8.16.